The summed E-state index contributed by atoms with van der Waals surface area (Å²) in [4.78, 5) is 11.2. The predicted octanol–water partition coefficient (Wildman–Crippen LogP) is -18.3. The van der Waals surface area contributed by atoms with Crippen molar-refractivity contribution in [2.75, 3.05) is 51.1 Å². The van der Waals surface area contributed by atoms with Crippen LogP contribution in [-0.2, 0) is 71.1 Å². The molecule has 0 amide bonds. The maximum atomic E-state index is 11.6. The summed E-state index contributed by atoms with van der Waals surface area (Å²) < 4.78 is 80.5. The molecule has 476 valence electrons. The minimum atomic E-state index is -2.23. The normalized spacial score (nSPS) is 52.0. The molecule has 0 radical (unpaired) electrons. The van der Waals surface area contributed by atoms with Crippen molar-refractivity contribution >= 4 is 17.7 Å². The van der Waals surface area contributed by atoms with Gasteiger partial charge in [-0.1, -0.05) is 0 Å². The first-order valence-electron chi connectivity index (χ1n) is 26.1. The Morgan fingerprint density at radius 1 is 0.289 bits per heavy atom. The standard InChI is InChI=1S/C45H74O36S.Na/c46-3-10-32-19(55)26(62)40(69-10)77-34-12(5-48)71-42(28(64)21(34)57)79-36-14(7-50)73-44(30(66)23(36)59)81-38-16(9-82-2-1-17(52)53)74-45(31(67)24(38)60)80-37-15(8-51)72-43(29(65)22(37)58)78-35-13(6-49)70-41(27(63)20(35)56)76-33-11(4-47)68-39(75-32)25(61)18(33)54;/h10-16,18-51,54-67H,1-9H2,(H,52,53);/q;+1/p-1/t10-,11-,12-,13-,14-,15-,16-,18-,19-,20-,21-,22-,23-,24-,25-,26-,27-,28-,29-,30-,31-,32-,33-,34-,35-,36-,37-,38-,39-,40-,41-,42-,43-,44-,45-;/m1./s1. The molecule has 0 unspecified atom stereocenters. The molecule has 21 aliphatic heterocycles. The molecule has 20 N–H and O–H groups in total. The molecule has 14 bridgehead atoms. The van der Waals surface area contributed by atoms with Crippen LogP contribution in [0.15, 0.2) is 0 Å². The quantitative estimate of drug-likeness (QED) is 0.0675. The fraction of sp³-hybridized carbons (Fsp3) is 0.978. The minimum Gasteiger partial charge on any atom is -0.550 e. The number of carboxylic acid groups (broad SMARTS) is 1. The summed E-state index contributed by atoms with van der Waals surface area (Å²) in [7, 11) is 0. The van der Waals surface area contributed by atoms with Gasteiger partial charge in [0.25, 0.3) is 0 Å². The summed E-state index contributed by atoms with van der Waals surface area (Å²) in [6.07, 6.45) is -70.9. The number of ether oxygens (including phenoxy) is 14. The second kappa shape index (κ2) is 30.5. The summed E-state index contributed by atoms with van der Waals surface area (Å²) in [5.74, 6) is -1.90. The van der Waals surface area contributed by atoms with E-state index in [4.69, 9.17) is 66.3 Å². The first-order chi connectivity index (χ1) is 39.0. The van der Waals surface area contributed by atoms with E-state index in [1.165, 1.54) is 0 Å². The smallest absolute Gasteiger partial charge is 0.550 e. The van der Waals surface area contributed by atoms with Gasteiger partial charge in [0, 0.05) is 11.7 Å². The molecule has 0 spiro atoms. The van der Waals surface area contributed by atoms with Gasteiger partial charge < -0.3 is 178 Å². The Bertz CT molecular complexity index is 1980. The molecule has 0 aromatic heterocycles. The Kier molecular flexibility index (Phi) is 25.7. The van der Waals surface area contributed by atoms with E-state index in [9.17, 15) is 112 Å². The van der Waals surface area contributed by atoms with Crippen molar-refractivity contribution in [2.24, 2.45) is 0 Å². The SMILES string of the molecule is O=C([O-])CCSC[C@H]1O[C@@H]2O[C@H]3[C@H](O)[C@@H](O)[C@@H](O[C@H]4[C@H](O)[C@@H](O)[C@@H](O[C@H]5[C@H](O)[C@@H](O)[C@@H](O[C@H]6[C@H](O)[C@@H](O)[C@@H](O[C@H]7[C@H](O)[C@@H](O)[C@@H](O[C@H]8[C@H](O)[C@@H](O)[C@@H](O[C@H]1[C@H](O)[C@H]2O)O[C@@H]8CO)O[C@@H]7CO)O[C@@H]6CO)O[C@@H]5CO)O[C@@H]4CO)O[C@@H]3CO.[Na+]. The zero-order chi connectivity index (χ0) is 59.8. The van der Waals surface area contributed by atoms with E-state index in [1.807, 2.05) is 0 Å². The number of thioether (sulfide) groups is 1. The van der Waals surface area contributed by atoms with Crippen LogP contribution in [0, 0.1) is 0 Å². The van der Waals surface area contributed by atoms with E-state index >= 15 is 0 Å². The number of aliphatic carboxylic acids is 1. The Labute approximate surface area is 496 Å². The minimum absolute atomic E-state index is 0. The Morgan fingerprint density at radius 3 is 0.627 bits per heavy atom. The number of carbonyl (C=O) groups excluding carboxylic acids is 1. The number of hydrogen-bond acceptors (Lipinski definition) is 37. The summed E-state index contributed by atoms with van der Waals surface area (Å²) in [6.45, 7) is -6.36. The van der Waals surface area contributed by atoms with Crippen molar-refractivity contribution in [3.8, 4) is 0 Å². The second-order valence-electron chi connectivity index (χ2n) is 20.7. The predicted molar refractivity (Wildman–Crippen MR) is 248 cm³/mol. The molecule has 36 nitrogen and oxygen atoms in total. The number of rotatable bonds is 11. The van der Waals surface area contributed by atoms with Gasteiger partial charge >= 0.3 is 29.6 Å². The number of aliphatic hydroxyl groups is 20. The molecule has 35 atom stereocenters. The molecular formula is C45H73NaO36S. The van der Waals surface area contributed by atoms with Crippen LogP contribution in [0.1, 0.15) is 6.42 Å². The maximum Gasteiger partial charge on any atom is 1.00 e. The topological polar surface area (TPSA) is 574 Å². The number of hydrogen-bond donors (Lipinski definition) is 20. The molecule has 21 heterocycles. The van der Waals surface area contributed by atoms with Crippen molar-refractivity contribution in [1.29, 1.82) is 0 Å². The van der Waals surface area contributed by atoms with E-state index in [0.717, 1.165) is 11.8 Å². The Hall–Kier alpha value is -0.540. The molecular weight excluding hydrogens is 1170 g/mol. The van der Waals surface area contributed by atoms with Crippen LogP contribution >= 0.6 is 11.8 Å². The second-order valence-corrected chi connectivity index (χ2v) is 21.8. The van der Waals surface area contributed by atoms with Crippen molar-refractivity contribution in [1.82, 2.24) is 0 Å². The molecule has 0 aromatic carbocycles. The number of carboxylic acids is 1. The van der Waals surface area contributed by atoms with Gasteiger partial charge in [0.05, 0.1) is 45.7 Å². The van der Waals surface area contributed by atoms with Gasteiger partial charge in [-0.25, -0.2) is 0 Å². The first kappa shape index (κ1) is 69.9. The monoisotopic (exact) mass is 1240 g/mol. The fourth-order valence-electron chi connectivity index (χ4n) is 10.8. The van der Waals surface area contributed by atoms with Crippen LogP contribution in [0.5, 0.6) is 0 Å². The molecule has 83 heavy (non-hydrogen) atoms. The number of aliphatic hydroxyl groups excluding tert-OH is 20. The van der Waals surface area contributed by atoms with Gasteiger partial charge in [-0.3, -0.25) is 0 Å². The van der Waals surface area contributed by atoms with Crippen LogP contribution in [0.2, 0.25) is 0 Å². The molecule has 21 saturated heterocycles. The van der Waals surface area contributed by atoms with E-state index < -0.39 is 267 Å². The molecule has 21 rings (SSSR count). The summed E-state index contributed by atoms with van der Waals surface area (Å²) in [5, 5.41) is 233. The van der Waals surface area contributed by atoms with Crippen molar-refractivity contribution < 1.29 is 208 Å². The van der Waals surface area contributed by atoms with Crippen molar-refractivity contribution in [3.05, 3.63) is 0 Å². The van der Waals surface area contributed by atoms with Crippen LogP contribution in [0.4, 0.5) is 0 Å². The van der Waals surface area contributed by atoms with Gasteiger partial charge in [-0.15, -0.1) is 0 Å². The number of carbonyl (C=O) groups is 1. The maximum absolute atomic E-state index is 11.6. The molecule has 21 aliphatic rings. The summed E-state index contributed by atoms with van der Waals surface area (Å²) in [5.41, 5.74) is 0. The van der Waals surface area contributed by atoms with E-state index in [-0.39, 0.29) is 41.1 Å². The fourth-order valence-corrected chi connectivity index (χ4v) is 11.7. The Balaban J connectivity index is 0.00000990. The third-order valence-electron chi connectivity index (χ3n) is 15.3. The van der Waals surface area contributed by atoms with Gasteiger partial charge in [-0.2, -0.15) is 11.8 Å². The molecule has 38 heteroatoms. The van der Waals surface area contributed by atoms with Crippen LogP contribution in [-0.4, -0.2) is 374 Å². The zero-order valence-electron chi connectivity index (χ0n) is 44.0. The third-order valence-corrected chi connectivity index (χ3v) is 16.4. The average molecular weight is 1250 g/mol. The van der Waals surface area contributed by atoms with Gasteiger partial charge in [0.15, 0.2) is 44.0 Å². The van der Waals surface area contributed by atoms with Crippen LogP contribution < -0.4 is 34.7 Å². The average Bonchev–Trinajstić information content (AvgIpc) is 3.67. The largest absolute Gasteiger partial charge is 1.00 e. The third kappa shape index (κ3) is 14.8. The van der Waals surface area contributed by atoms with E-state index in [2.05, 4.69) is 0 Å². The van der Waals surface area contributed by atoms with E-state index in [0.29, 0.717) is 0 Å². The summed E-state index contributed by atoms with van der Waals surface area (Å²) in [6, 6.07) is 0. The van der Waals surface area contributed by atoms with Crippen LogP contribution in [0.3, 0.4) is 0 Å². The molecule has 0 saturated carbocycles. The van der Waals surface area contributed by atoms with Crippen LogP contribution in [0.25, 0.3) is 0 Å². The summed E-state index contributed by atoms with van der Waals surface area (Å²) >= 11 is 0.883. The Morgan fingerprint density at radius 2 is 0.458 bits per heavy atom. The first-order valence-corrected chi connectivity index (χ1v) is 27.3. The van der Waals surface area contributed by atoms with Gasteiger partial charge in [0.2, 0.25) is 0 Å². The van der Waals surface area contributed by atoms with Crippen molar-refractivity contribution in [3.63, 3.8) is 0 Å². The molecule has 0 aromatic rings. The molecule has 21 fully saturated rings. The van der Waals surface area contributed by atoms with Gasteiger partial charge in [0.1, 0.15) is 165 Å². The molecule has 0 aliphatic carbocycles. The van der Waals surface area contributed by atoms with E-state index in [1.54, 1.807) is 0 Å². The van der Waals surface area contributed by atoms with Crippen molar-refractivity contribution in [2.45, 2.75) is 221 Å². The zero-order valence-corrected chi connectivity index (χ0v) is 46.8. The van der Waals surface area contributed by atoms with Gasteiger partial charge in [-0.05, 0) is 12.2 Å².